The van der Waals surface area contributed by atoms with Crippen LogP contribution in [0.15, 0.2) is 55.0 Å². The number of aromatic nitrogens is 3. The lowest BCUT2D eigenvalue weighted by Crippen LogP contribution is -2.26. The van der Waals surface area contributed by atoms with E-state index in [4.69, 9.17) is 4.74 Å². The van der Waals surface area contributed by atoms with E-state index in [0.29, 0.717) is 39.3 Å². The number of ketones is 1. The third kappa shape index (κ3) is 4.74. The number of fused-ring (bicyclic) bond motifs is 2. The number of carbonyl (C=O) groups excluding carboxylic acids is 4. The number of Topliss-reactive ketones (excluding diaryl/α,β-unsaturated/α-hetero) is 1. The number of ether oxygens (including phenoxy) is 1. The third-order valence-electron chi connectivity index (χ3n) is 5.90. The van der Waals surface area contributed by atoms with Crippen LogP contribution in [-0.4, -0.2) is 44.6 Å². The minimum atomic E-state index is -0.427. The van der Waals surface area contributed by atoms with E-state index in [-0.39, 0.29) is 36.4 Å². The van der Waals surface area contributed by atoms with Gasteiger partial charge in [-0.15, -0.1) is 0 Å². The molecule has 0 radical (unpaired) electrons. The molecule has 3 N–H and O–H groups in total. The zero-order valence-corrected chi connectivity index (χ0v) is 20.0. The summed E-state index contributed by atoms with van der Waals surface area (Å²) in [6.45, 7) is 1.62. The van der Waals surface area contributed by atoms with Crippen molar-refractivity contribution < 1.29 is 23.9 Å². The Labute approximate surface area is 210 Å². The van der Waals surface area contributed by atoms with Gasteiger partial charge in [0.05, 0.1) is 11.4 Å². The first-order valence-electron chi connectivity index (χ1n) is 11.4. The summed E-state index contributed by atoms with van der Waals surface area (Å²) < 4.78 is 7.03. The maximum atomic E-state index is 13.0. The second kappa shape index (κ2) is 9.53. The lowest BCUT2D eigenvalue weighted by atomic mass is 10.1. The van der Waals surface area contributed by atoms with Crippen LogP contribution in [0.1, 0.15) is 43.7 Å². The monoisotopic (exact) mass is 498 g/mol. The quantitative estimate of drug-likeness (QED) is 0.347. The maximum absolute atomic E-state index is 13.0. The van der Waals surface area contributed by atoms with Crippen LogP contribution in [0.5, 0.6) is 5.75 Å². The summed E-state index contributed by atoms with van der Waals surface area (Å²) in [5.41, 5.74) is 3.62. The van der Waals surface area contributed by atoms with E-state index >= 15 is 0 Å². The number of hydrogen-bond donors (Lipinski definition) is 3. The first-order chi connectivity index (χ1) is 17.8. The molecular formula is C26H22N6O5. The zero-order chi connectivity index (χ0) is 26.1. The summed E-state index contributed by atoms with van der Waals surface area (Å²) >= 11 is 0. The number of anilines is 2. The third-order valence-corrected chi connectivity index (χ3v) is 5.90. The van der Waals surface area contributed by atoms with Crippen LogP contribution in [0.3, 0.4) is 0 Å². The molecule has 2 aromatic heterocycles. The molecule has 11 heteroatoms. The molecule has 0 saturated carbocycles. The molecule has 37 heavy (non-hydrogen) atoms. The van der Waals surface area contributed by atoms with Crippen molar-refractivity contribution in [3.8, 4) is 5.75 Å². The average Bonchev–Trinajstić information content (AvgIpc) is 3.22. The molecule has 0 spiro atoms. The van der Waals surface area contributed by atoms with E-state index in [1.165, 1.54) is 13.3 Å². The Morgan fingerprint density at radius 1 is 1.05 bits per heavy atom. The molecular weight excluding hydrogens is 476 g/mol. The highest BCUT2D eigenvalue weighted by atomic mass is 16.5. The number of aryl methyl sites for hydroxylation is 1. The predicted molar refractivity (Wildman–Crippen MR) is 135 cm³/mol. The number of hydrogen-bond acceptors (Lipinski definition) is 7. The van der Waals surface area contributed by atoms with Crippen molar-refractivity contribution >= 4 is 45.9 Å². The summed E-state index contributed by atoms with van der Waals surface area (Å²) in [7, 11) is 1.73. The lowest BCUT2D eigenvalue weighted by Gasteiger charge is -2.18. The second-order valence-electron chi connectivity index (χ2n) is 8.51. The lowest BCUT2D eigenvalue weighted by molar-refractivity contribution is -0.118. The molecule has 3 heterocycles. The van der Waals surface area contributed by atoms with Crippen LogP contribution in [-0.2, 0) is 18.4 Å². The molecule has 2 aromatic carbocycles. The Kier molecular flexibility index (Phi) is 6.10. The van der Waals surface area contributed by atoms with Gasteiger partial charge >= 0.3 is 0 Å². The van der Waals surface area contributed by atoms with Crippen molar-refractivity contribution in [2.75, 3.05) is 17.2 Å². The fraction of sp³-hybridized carbons (Fsp3) is 0.154. The fourth-order valence-corrected chi connectivity index (χ4v) is 4.04. The number of amides is 3. The minimum Gasteiger partial charge on any atom is -0.482 e. The van der Waals surface area contributed by atoms with E-state index in [1.54, 1.807) is 60.3 Å². The summed E-state index contributed by atoms with van der Waals surface area (Å²) in [4.78, 5) is 57.3. The molecule has 3 amide bonds. The molecule has 1 aliphatic rings. The van der Waals surface area contributed by atoms with E-state index in [2.05, 4.69) is 25.9 Å². The van der Waals surface area contributed by atoms with Crippen molar-refractivity contribution in [1.82, 2.24) is 19.9 Å². The van der Waals surface area contributed by atoms with Crippen molar-refractivity contribution in [3.05, 3.63) is 77.4 Å². The van der Waals surface area contributed by atoms with Gasteiger partial charge in [-0.2, -0.15) is 0 Å². The normalized spacial score (nSPS) is 12.3. The molecule has 0 fully saturated rings. The van der Waals surface area contributed by atoms with Crippen molar-refractivity contribution in [2.45, 2.75) is 13.5 Å². The molecule has 0 bridgehead atoms. The van der Waals surface area contributed by atoms with Crippen LogP contribution in [0, 0.1) is 0 Å². The molecule has 0 unspecified atom stereocenters. The van der Waals surface area contributed by atoms with Crippen LogP contribution in [0.2, 0.25) is 0 Å². The second-order valence-corrected chi connectivity index (χ2v) is 8.51. The van der Waals surface area contributed by atoms with E-state index < -0.39 is 5.91 Å². The van der Waals surface area contributed by atoms with Crippen molar-refractivity contribution in [1.29, 1.82) is 0 Å². The fourth-order valence-electron chi connectivity index (χ4n) is 4.04. The largest absolute Gasteiger partial charge is 0.482 e. The summed E-state index contributed by atoms with van der Waals surface area (Å²) in [5.74, 6) is -0.562. The van der Waals surface area contributed by atoms with Gasteiger partial charge in [0.15, 0.2) is 18.1 Å². The van der Waals surface area contributed by atoms with E-state index in [1.807, 2.05) is 0 Å². The van der Waals surface area contributed by atoms with Crippen LogP contribution in [0.25, 0.3) is 11.0 Å². The van der Waals surface area contributed by atoms with Gasteiger partial charge in [-0.05, 0) is 36.8 Å². The van der Waals surface area contributed by atoms with Crippen LogP contribution >= 0.6 is 0 Å². The minimum absolute atomic E-state index is 0.0297. The van der Waals surface area contributed by atoms with Gasteiger partial charge < -0.3 is 25.3 Å². The molecule has 0 atom stereocenters. The number of rotatable bonds is 6. The summed E-state index contributed by atoms with van der Waals surface area (Å²) in [6.07, 6.45) is 2.92. The Balaban J connectivity index is 1.34. The van der Waals surface area contributed by atoms with Gasteiger partial charge in [-0.25, -0.2) is 9.97 Å². The summed E-state index contributed by atoms with van der Waals surface area (Å²) in [6, 6.07) is 11.6. The van der Waals surface area contributed by atoms with Gasteiger partial charge in [0.25, 0.3) is 17.7 Å². The molecule has 4 aromatic rings. The van der Waals surface area contributed by atoms with Gasteiger partial charge in [-0.3, -0.25) is 19.2 Å². The van der Waals surface area contributed by atoms with Gasteiger partial charge in [0, 0.05) is 30.9 Å². The van der Waals surface area contributed by atoms with Crippen molar-refractivity contribution in [2.24, 2.45) is 7.05 Å². The zero-order valence-electron chi connectivity index (χ0n) is 20.0. The first kappa shape index (κ1) is 23.7. The number of nitrogens with one attached hydrogen (secondary N) is 3. The SMILES string of the molecule is CC(=O)c1ccc(C(=O)Nc2cn(C)c3c(C(=O)NCc4ccc5c(c4)NC(=O)CO5)ncnc23)cc1. The number of benzene rings is 2. The standard InChI is InChI=1S/C26H22N6O5/c1-14(33)16-4-6-17(7-5-16)25(35)31-19-11-32(2)24-22(19)28-13-29-23(24)26(36)27-10-15-3-8-20-18(9-15)30-21(34)12-37-20/h3-9,11,13H,10,12H2,1-2H3,(H,27,36)(H,30,34)(H,31,35). The molecule has 11 nitrogen and oxygen atoms in total. The Morgan fingerprint density at radius 3 is 2.57 bits per heavy atom. The molecule has 186 valence electrons. The highest BCUT2D eigenvalue weighted by molar-refractivity contribution is 6.11. The molecule has 0 aliphatic carbocycles. The van der Waals surface area contributed by atoms with Gasteiger partial charge in [-0.1, -0.05) is 18.2 Å². The smallest absolute Gasteiger partial charge is 0.272 e. The van der Waals surface area contributed by atoms with Crippen LogP contribution in [0.4, 0.5) is 11.4 Å². The van der Waals surface area contributed by atoms with E-state index in [9.17, 15) is 19.2 Å². The predicted octanol–water partition coefficient (Wildman–Crippen LogP) is 2.68. The highest BCUT2D eigenvalue weighted by Crippen LogP contribution is 2.29. The van der Waals surface area contributed by atoms with Crippen molar-refractivity contribution in [3.63, 3.8) is 0 Å². The molecule has 1 aliphatic heterocycles. The Morgan fingerprint density at radius 2 is 1.81 bits per heavy atom. The van der Waals surface area contributed by atoms with E-state index in [0.717, 1.165) is 5.56 Å². The summed E-state index contributed by atoms with van der Waals surface area (Å²) in [5, 5.41) is 8.39. The van der Waals surface area contributed by atoms with Crippen LogP contribution < -0.4 is 20.7 Å². The maximum Gasteiger partial charge on any atom is 0.272 e. The topological polar surface area (TPSA) is 144 Å². The number of carbonyl (C=O) groups is 4. The first-order valence-corrected chi connectivity index (χ1v) is 11.4. The Bertz CT molecular complexity index is 1570. The average molecular weight is 498 g/mol. The van der Waals surface area contributed by atoms with Gasteiger partial charge in [0.1, 0.15) is 23.1 Å². The number of nitrogens with zero attached hydrogens (tertiary/aromatic N) is 3. The molecule has 5 rings (SSSR count). The Hall–Kier alpha value is -5.06. The van der Waals surface area contributed by atoms with Gasteiger partial charge in [0.2, 0.25) is 0 Å². The highest BCUT2D eigenvalue weighted by Gasteiger charge is 2.21. The molecule has 0 saturated heterocycles.